The van der Waals surface area contributed by atoms with Gasteiger partial charge in [-0.1, -0.05) is 30.3 Å². The molecule has 0 aliphatic heterocycles. The summed E-state index contributed by atoms with van der Waals surface area (Å²) in [5.74, 6) is 0.958. The van der Waals surface area contributed by atoms with Gasteiger partial charge in [-0.3, -0.25) is 4.79 Å². The number of carbonyl (C=O) groups is 1. The van der Waals surface area contributed by atoms with Crippen molar-refractivity contribution in [1.82, 2.24) is 5.32 Å². The Hall–Kier alpha value is -2.79. The summed E-state index contributed by atoms with van der Waals surface area (Å²) in [4.78, 5) is 12.2. The normalized spacial score (nSPS) is 13.4. The molecule has 0 unspecified atom stereocenters. The van der Waals surface area contributed by atoms with E-state index in [1.54, 1.807) is 20.1 Å². The van der Waals surface area contributed by atoms with Crippen molar-refractivity contribution in [2.75, 3.05) is 13.7 Å². The number of hydrogen-bond acceptors (Lipinski definition) is 4. The summed E-state index contributed by atoms with van der Waals surface area (Å²) in [6.07, 6.45) is 0.216. The molecule has 1 aromatic heterocycles. The van der Waals surface area contributed by atoms with Gasteiger partial charge in [0.15, 0.2) is 0 Å². The number of nitrogens with one attached hydrogen (secondary N) is 1. The first-order valence-corrected chi connectivity index (χ1v) is 8.09. The number of aliphatic hydroxyl groups is 1. The molecule has 0 saturated carbocycles. The van der Waals surface area contributed by atoms with Gasteiger partial charge >= 0.3 is 0 Å². The van der Waals surface area contributed by atoms with E-state index in [0.717, 1.165) is 10.9 Å². The number of rotatable bonds is 6. The largest absolute Gasteiger partial charge is 0.497 e. The van der Waals surface area contributed by atoms with Crippen molar-refractivity contribution in [3.05, 3.63) is 65.9 Å². The lowest BCUT2D eigenvalue weighted by atomic mass is 10.0. The average Bonchev–Trinajstić information content (AvgIpc) is 3.05. The molecule has 5 nitrogen and oxygen atoms in total. The predicted molar refractivity (Wildman–Crippen MR) is 95.5 cm³/mol. The Bertz CT molecular complexity index is 849. The molecular weight excluding hydrogens is 318 g/mol. The van der Waals surface area contributed by atoms with Crippen molar-refractivity contribution in [3.8, 4) is 5.75 Å². The van der Waals surface area contributed by atoms with Crippen LogP contribution in [0.4, 0.5) is 0 Å². The lowest BCUT2D eigenvalue weighted by molar-refractivity contribution is -0.121. The van der Waals surface area contributed by atoms with Crippen molar-refractivity contribution in [2.24, 2.45) is 0 Å². The van der Waals surface area contributed by atoms with Crippen molar-refractivity contribution in [1.29, 1.82) is 0 Å². The predicted octanol–water partition coefficient (Wildman–Crippen LogP) is 3.01. The monoisotopic (exact) mass is 339 g/mol. The molecule has 5 heteroatoms. The SMILES string of the molecule is COc1cccc(CC(=O)NC[C@@](C)(O)c2cc3ccccc3o2)c1. The first kappa shape index (κ1) is 17.0. The molecule has 25 heavy (non-hydrogen) atoms. The van der Waals surface area contributed by atoms with E-state index in [9.17, 15) is 9.90 Å². The quantitative estimate of drug-likeness (QED) is 0.724. The number of para-hydroxylation sites is 1. The van der Waals surface area contributed by atoms with Gasteiger partial charge in [0.2, 0.25) is 5.91 Å². The highest BCUT2D eigenvalue weighted by atomic mass is 16.5. The number of fused-ring (bicyclic) bond motifs is 1. The second-order valence-electron chi connectivity index (χ2n) is 6.23. The second kappa shape index (κ2) is 6.99. The number of furan rings is 1. The van der Waals surface area contributed by atoms with E-state index in [4.69, 9.17) is 9.15 Å². The van der Waals surface area contributed by atoms with Gasteiger partial charge in [0.25, 0.3) is 0 Å². The van der Waals surface area contributed by atoms with E-state index in [-0.39, 0.29) is 18.9 Å². The number of ether oxygens (including phenoxy) is 1. The van der Waals surface area contributed by atoms with Crippen LogP contribution in [0.5, 0.6) is 5.75 Å². The number of benzene rings is 2. The standard InChI is InChI=1S/C20H21NO4/c1-20(23,18-12-15-7-3-4-9-17(15)25-18)13-21-19(22)11-14-6-5-8-16(10-14)24-2/h3-10,12,23H,11,13H2,1-2H3,(H,21,22)/t20-/m1/s1. The number of amides is 1. The van der Waals surface area contributed by atoms with Crippen LogP contribution in [-0.4, -0.2) is 24.7 Å². The molecule has 1 heterocycles. The molecule has 0 radical (unpaired) electrons. The third-order valence-electron chi connectivity index (χ3n) is 4.08. The lowest BCUT2D eigenvalue weighted by Gasteiger charge is -2.21. The summed E-state index contributed by atoms with van der Waals surface area (Å²) in [5.41, 5.74) is 0.268. The fourth-order valence-electron chi connectivity index (χ4n) is 2.64. The Morgan fingerprint density at radius 3 is 2.76 bits per heavy atom. The van der Waals surface area contributed by atoms with Gasteiger partial charge in [-0.15, -0.1) is 0 Å². The van der Waals surface area contributed by atoms with Crippen LogP contribution in [0.15, 0.2) is 59.0 Å². The summed E-state index contributed by atoms with van der Waals surface area (Å²) >= 11 is 0. The van der Waals surface area contributed by atoms with Gasteiger partial charge in [-0.25, -0.2) is 0 Å². The van der Waals surface area contributed by atoms with Gasteiger partial charge in [-0.05, 0) is 36.8 Å². The fourth-order valence-corrected chi connectivity index (χ4v) is 2.64. The maximum absolute atomic E-state index is 12.2. The zero-order chi connectivity index (χ0) is 17.9. The lowest BCUT2D eigenvalue weighted by Crippen LogP contribution is -2.39. The summed E-state index contributed by atoms with van der Waals surface area (Å²) in [6, 6.07) is 16.7. The molecule has 2 N–H and O–H groups in total. The number of carbonyl (C=O) groups excluding carboxylic acids is 1. The van der Waals surface area contributed by atoms with Crippen LogP contribution < -0.4 is 10.1 Å². The van der Waals surface area contributed by atoms with Gasteiger partial charge < -0.3 is 19.6 Å². The highest BCUT2D eigenvalue weighted by Gasteiger charge is 2.28. The first-order valence-electron chi connectivity index (χ1n) is 8.09. The zero-order valence-electron chi connectivity index (χ0n) is 14.3. The highest BCUT2D eigenvalue weighted by Crippen LogP contribution is 2.27. The molecule has 3 rings (SSSR count). The van der Waals surface area contributed by atoms with E-state index in [2.05, 4.69) is 5.32 Å². The molecule has 0 spiro atoms. The van der Waals surface area contributed by atoms with Crippen LogP contribution in [0.3, 0.4) is 0 Å². The van der Waals surface area contributed by atoms with Crippen LogP contribution >= 0.6 is 0 Å². The fraction of sp³-hybridized carbons (Fsp3) is 0.250. The molecule has 1 atom stereocenters. The van der Waals surface area contributed by atoms with Crippen LogP contribution in [-0.2, 0) is 16.8 Å². The minimum atomic E-state index is -1.29. The first-order chi connectivity index (χ1) is 12.0. The van der Waals surface area contributed by atoms with E-state index in [1.165, 1.54) is 0 Å². The summed E-state index contributed by atoms with van der Waals surface area (Å²) in [6.45, 7) is 1.69. The van der Waals surface area contributed by atoms with E-state index in [0.29, 0.717) is 17.1 Å². The van der Waals surface area contributed by atoms with Crippen LogP contribution in [0.2, 0.25) is 0 Å². The minimum Gasteiger partial charge on any atom is -0.497 e. The third-order valence-corrected chi connectivity index (χ3v) is 4.08. The summed E-state index contributed by atoms with van der Waals surface area (Å²) < 4.78 is 10.8. The van der Waals surface area contributed by atoms with Gasteiger partial charge in [-0.2, -0.15) is 0 Å². The molecule has 0 saturated heterocycles. The molecule has 0 bridgehead atoms. The minimum absolute atomic E-state index is 0.0651. The Balaban J connectivity index is 1.63. The number of hydrogen-bond donors (Lipinski definition) is 2. The topological polar surface area (TPSA) is 71.7 Å². The molecule has 130 valence electrons. The third kappa shape index (κ3) is 4.00. The van der Waals surface area contributed by atoms with Crippen molar-refractivity contribution >= 4 is 16.9 Å². The maximum Gasteiger partial charge on any atom is 0.224 e. The molecule has 3 aromatic rings. The molecule has 0 fully saturated rings. The van der Waals surface area contributed by atoms with Gasteiger partial charge in [0.1, 0.15) is 22.7 Å². The molecule has 1 amide bonds. The summed E-state index contributed by atoms with van der Waals surface area (Å²) in [7, 11) is 1.59. The van der Waals surface area contributed by atoms with Crippen LogP contribution in [0.25, 0.3) is 11.0 Å². The highest BCUT2D eigenvalue weighted by molar-refractivity contribution is 5.79. The summed E-state index contributed by atoms with van der Waals surface area (Å²) in [5, 5.41) is 14.3. The average molecular weight is 339 g/mol. The van der Waals surface area contributed by atoms with Crippen LogP contribution in [0.1, 0.15) is 18.2 Å². The van der Waals surface area contributed by atoms with Gasteiger partial charge in [0, 0.05) is 5.39 Å². The molecule has 0 aliphatic carbocycles. The number of methoxy groups -OCH3 is 1. The molecule has 0 aliphatic rings. The van der Waals surface area contributed by atoms with E-state index < -0.39 is 5.60 Å². The Kier molecular flexibility index (Phi) is 4.76. The van der Waals surface area contributed by atoms with Gasteiger partial charge in [0.05, 0.1) is 20.1 Å². The van der Waals surface area contributed by atoms with Crippen molar-refractivity contribution in [2.45, 2.75) is 18.9 Å². The zero-order valence-corrected chi connectivity index (χ0v) is 14.3. The smallest absolute Gasteiger partial charge is 0.224 e. The molecular formula is C20H21NO4. The Morgan fingerprint density at radius 1 is 1.20 bits per heavy atom. The van der Waals surface area contributed by atoms with E-state index in [1.807, 2.05) is 48.5 Å². The second-order valence-corrected chi connectivity index (χ2v) is 6.23. The van der Waals surface area contributed by atoms with Crippen LogP contribution in [0, 0.1) is 0 Å². The Labute approximate surface area is 146 Å². The maximum atomic E-state index is 12.2. The molecule has 2 aromatic carbocycles. The van der Waals surface area contributed by atoms with Crippen molar-refractivity contribution < 1.29 is 19.1 Å². The Morgan fingerprint density at radius 2 is 2.00 bits per heavy atom. The van der Waals surface area contributed by atoms with Crippen molar-refractivity contribution in [3.63, 3.8) is 0 Å². The van der Waals surface area contributed by atoms with E-state index >= 15 is 0 Å².